The van der Waals surface area contributed by atoms with E-state index in [1.54, 1.807) is 30.5 Å². The van der Waals surface area contributed by atoms with Gasteiger partial charge in [0.15, 0.2) is 0 Å². The zero-order chi connectivity index (χ0) is 19.1. The highest BCUT2D eigenvalue weighted by Gasteiger charge is 2.23. The molecule has 0 unspecified atom stereocenters. The van der Waals surface area contributed by atoms with Crippen LogP contribution in [0.15, 0.2) is 61.1 Å². The van der Waals surface area contributed by atoms with E-state index in [-0.39, 0.29) is 11.6 Å². The molecule has 0 bridgehead atoms. The molecule has 1 fully saturated rings. The van der Waals surface area contributed by atoms with Crippen LogP contribution in [0.5, 0.6) is 0 Å². The highest BCUT2D eigenvalue weighted by molar-refractivity contribution is 6.04. The number of H-pyrrole nitrogens is 1. The molecule has 1 aliphatic carbocycles. The first-order chi connectivity index (χ1) is 13.7. The van der Waals surface area contributed by atoms with Crippen molar-refractivity contribution < 1.29 is 9.18 Å². The van der Waals surface area contributed by atoms with Crippen LogP contribution in [0.4, 0.5) is 10.1 Å². The summed E-state index contributed by atoms with van der Waals surface area (Å²) in [6.45, 7) is 0. The van der Waals surface area contributed by atoms with Gasteiger partial charge in [0.1, 0.15) is 17.8 Å². The number of hydrogen-bond acceptors (Lipinski definition) is 3. The maximum atomic E-state index is 14.3. The molecule has 0 atom stereocenters. The van der Waals surface area contributed by atoms with Gasteiger partial charge < -0.3 is 10.3 Å². The van der Waals surface area contributed by atoms with Crippen LogP contribution in [0, 0.1) is 5.82 Å². The maximum absolute atomic E-state index is 14.3. The van der Waals surface area contributed by atoms with Crippen molar-refractivity contribution in [3.05, 3.63) is 78.0 Å². The summed E-state index contributed by atoms with van der Waals surface area (Å²) in [7, 11) is 0. The van der Waals surface area contributed by atoms with Gasteiger partial charge in [-0.05, 0) is 60.7 Å². The van der Waals surface area contributed by atoms with Crippen LogP contribution in [0.1, 0.15) is 34.7 Å². The van der Waals surface area contributed by atoms with Crippen molar-refractivity contribution in [2.75, 3.05) is 5.32 Å². The van der Waals surface area contributed by atoms with Gasteiger partial charge in [0.2, 0.25) is 0 Å². The first-order valence-corrected chi connectivity index (χ1v) is 9.18. The minimum Gasteiger partial charge on any atom is -0.346 e. The van der Waals surface area contributed by atoms with Crippen LogP contribution in [-0.2, 0) is 0 Å². The lowest BCUT2D eigenvalue weighted by Crippen LogP contribution is -2.13. The summed E-state index contributed by atoms with van der Waals surface area (Å²) in [6, 6.07) is 14.0. The molecule has 5 rings (SSSR count). The van der Waals surface area contributed by atoms with Gasteiger partial charge in [0, 0.05) is 22.7 Å². The second kappa shape index (κ2) is 6.56. The molecule has 1 amide bonds. The number of anilines is 1. The molecule has 1 saturated carbocycles. The highest BCUT2D eigenvalue weighted by Crippen LogP contribution is 2.40. The predicted molar refractivity (Wildman–Crippen MR) is 106 cm³/mol. The zero-order valence-electron chi connectivity index (χ0n) is 14.9. The summed E-state index contributed by atoms with van der Waals surface area (Å²) in [5.41, 5.74) is 3.96. The second-order valence-corrected chi connectivity index (χ2v) is 7.01. The largest absolute Gasteiger partial charge is 0.346 e. The minimum absolute atomic E-state index is 0.121. The molecule has 2 N–H and O–H groups in total. The highest BCUT2D eigenvalue weighted by atomic mass is 19.1. The number of aromatic amines is 1. The molecule has 0 aliphatic heterocycles. The second-order valence-electron chi connectivity index (χ2n) is 7.01. The van der Waals surface area contributed by atoms with Crippen LogP contribution < -0.4 is 5.32 Å². The standard InChI is InChI=1S/C22H17FN4O/c23-18-8-7-16(20-17-9-10-24-21(17)26-12-25-20)11-19(18)27-22(28)15-5-3-14(4-6-15)13-1-2-13/h3-13H,1-2H2,(H,27,28)(H,24,25,26). The van der Waals surface area contributed by atoms with Crippen molar-refractivity contribution in [1.82, 2.24) is 15.0 Å². The number of rotatable bonds is 4. The van der Waals surface area contributed by atoms with E-state index in [0.717, 1.165) is 5.39 Å². The van der Waals surface area contributed by atoms with E-state index >= 15 is 0 Å². The number of hydrogen-bond donors (Lipinski definition) is 2. The number of amides is 1. The van der Waals surface area contributed by atoms with E-state index in [1.807, 2.05) is 18.2 Å². The summed E-state index contributed by atoms with van der Waals surface area (Å²) < 4.78 is 14.3. The first-order valence-electron chi connectivity index (χ1n) is 9.18. The van der Waals surface area contributed by atoms with E-state index in [9.17, 15) is 9.18 Å². The van der Waals surface area contributed by atoms with E-state index in [2.05, 4.69) is 20.3 Å². The molecule has 28 heavy (non-hydrogen) atoms. The van der Waals surface area contributed by atoms with Gasteiger partial charge in [0.05, 0.1) is 11.4 Å². The summed E-state index contributed by atoms with van der Waals surface area (Å²) in [5.74, 6) is -0.205. The molecule has 0 radical (unpaired) electrons. The van der Waals surface area contributed by atoms with Crippen LogP contribution in [0.3, 0.4) is 0 Å². The monoisotopic (exact) mass is 372 g/mol. The summed E-state index contributed by atoms with van der Waals surface area (Å²) >= 11 is 0. The van der Waals surface area contributed by atoms with Crippen molar-refractivity contribution in [3.8, 4) is 11.3 Å². The number of nitrogens with one attached hydrogen (secondary N) is 2. The van der Waals surface area contributed by atoms with Gasteiger partial charge in [-0.3, -0.25) is 4.79 Å². The van der Waals surface area contributed by atoms with E-state index in [4.69, 9.17) is 0 Å². The smallest absolute Gasteiger partial charge is 0.255 e. The average molecular weight is 372 g/mol. The fourth-order valence-corrected chi connectivity index (χ4v) is 3.39. The van der Waals surface area contributed by atoms with Crippen LogP contribution in [0.25, 0.3) is 22.3 Å². The third-order valence-electron chi connectivity index (χ3n) is 5.06. The summed E-state index contributed by atoms with van der Waals surface area (Å²) in [4.78, 5) is 24.1. The predicted octanol–water partition coefficient (Wildman–Crippen LogP) is 4.89. The maximum Gasteiger partial charge on any atom is 0.255 e. The lowest BCUT2D eigenvalue weighted by Gasteiger charge is -2.10. The van der Waals surface area contributed by atoms with E-state index in [1.165, 1.54) is 30.8 Å². The minimum atomic E-state index is -0.494. The Bertz CT molecular complexity index is 1180. The number of carbonyl (C=O) groups is 1. The Kier molecular flexibility index (Phi) is 3.90. The van der Waals surface area contributed by atoms with Gasteiger partial charge in [-0.1, -0.05) is 12.1 Å². The topological polar surface area (TPSA) is 70.7 Å². The number of benzene rings is 2. The zero-order valence-corrected chi connectivity index (χ0v) is 14.9. The lowest BCUT2D eigenvalue weighted by atomic mass is 10.1. The normalized spacial score (nSPS) is 13.6. The number of carbonyl (C=O) groups excluding carboxylic acids is 1. The number of aromatic nitrogens is 3. The third-order valence-corrected chi connectivity index (χ3v) is 5.06. The lowest BCUT2D eigenvalue weighted by molar-refractivity contribution is 0.102. The number of halogens is 1. The molecule has 0 saturated heterocycles. The Morgan fingerprint density at radius 2 is 1.89 bits per heavy atom. The Morgan fingerprint density at radius 3 is 2.68 bits per heavy atom. The third kappa shape index (κ3) is 3.03. The van der Waals surface area contributed by atoms with E-state index in [0.29, 0.717) is 28.4 Å². The van der Waals surface area contributed by atoms with Crippen molar-refractivity contribution >= 4 is 22.6 Å². The Morgan fingerprint density at radius 1 is 1.07 bits per heavy atom. The molecule has 6 heteroatoms. The van der Waals surface area contributed by atoms with Gasteiger partial charge in [-0.15, -0.1) is 0 Å². The fourth-order valence-electron chi connectivity index (χ4n) is 3.39. The first kappa shape index (κ1) is 16.6. The average Bonchev–Trinajstić information content (AvgIpc) is 3.46. The van der Waals surface area contributed by atoms with Crippen molar-refractivity contribution in [3.63, 3.8) is 0 Å². The SMILES string of the molecule is O=C(Nc1cc(-c2ncnc3[nH]ccc23)ccc1F)c1ccc(C2CC2)cc1. The molecule has 0 spiro atoms. The van der Waals surface area contributed by atoms with Gasteiger partial charge in [-0.25, -0.2) is 14.4 Å². The molecule has 138 valence electrons. The van der Waals surface area contributed by atoms with Gasteiger partial charge in [0.25, 0.3) is 5.91 Å². The van der Waals surface area contributed by atoms with E-state index < -0.39 is 5.82 Å². The Hall–Kier alpha value is -3.54. The molecular weight excluding hydrogens is 355 g/mol. The summed E-state index contributed by atoms with van der Waals surface area (Å²) in [5, 5.41) is 3.51. The molecule has 1 aliphatic rings. The quantitative estimate of drug-likeness (QED) is 0.536. The van der Waals surface area contributed by atoms with Crippen LogP contribution >= 0.6 is 0 Å². The van der Waals surface area contributed by atoms with Crippen LogP contribution in [0.2, 0.25) is 0 Å². The van der Waals surface area contributed by atoms with Crippen molar-refractivity contribution in [2.24, 2.45) is 0 Å². The van der Waals surface area contributed by atoms with Crippen molar-refractivity contribution in [2.45, 2.75) is 18.8 Å². The van der Waals surface area contributed by atoms with Crippen molar-refractivity contribution in [1.29, 1.82) is 0 Å². The van der Waals surface area contributed by atoms with Gasteiger partial charge >= 0.3 is 0 Å². The molecular formula is C22H17FN4O. The Labute approximate surface area is 160 Å². The van der Waals surface area contributed by atoms with Crippen LogP contribution in [-0.4, -0.2) is 20.9 Å². The molecule has 2 heterocycles. The fraction of sp³-hybridized carbons (Fsp3) is 0.136. The Balaban J connectivity index is 1.44. The van der Waals surface area contributed by atoms with Gasteiger partial charge in [-0.2, -0.15) is 0 Å². The molecule has 2 aromatic heterocycles. The summed E-state index contributed by atoms with van der Waals surface area (Å²) in [6.07, 6.45) is 5.65. The molecule has 4 aromatic rings. The number of fused-ring (bicyclic) bond motifs is 1. The molecule has 2 aromatic carbocycles. The molecule has 5 nitrogen and oxygen atoms in total. The number of nitrogens with zero attached hydrogens (tertiary/aromatic N) is 2.